The van der Waals surface area contributed by atoms with Gasteiger partial charge in [-0.05, 0) is 47.0 Å². The van der Waals surface area contributed by atoms with Crippen molar-refractivity contribution in [1.82, 2.24) is 4.90 Å². The quantitative estimate of drug-likeness (QED) is 0.611. The number of ketones is 1. The van der Waals surface area contributed by atoms with E-state index >= 15 is 0 Å². The van der Waals surface area contributed by atoms with E-state index in [-0.39, 0.29) is 17.8 Å². The first-order valence-electron chi connectivity index (χ1n) is 8.16. The monoisotopic (exact) mass is 299 g/mol. The van der Waals surface area contributed by atoms with Crippen LogP contribution in [-0.2, 0) is 14.3 Å². The van der Waals surface area contributed by atoms with E-state index in [1.807, 2.05) is 39.5 Å². The molecular weight excluding hydrogens is 266 g/mol. The molecule has 1 atom stereocenters. The van der Waals surface area contributed by atoms with Crippen LogP contribution in [0.4, 0.5) is 0 Å². The van der Waals surface area contributed by atoms with Crippen molar-refractivity contribution in [2.24, 2.45) is 0 Å². The minimum atomic E-state index is -0.502. The number of hydrogen-bond donors (Lipinski definition) is 0. The lowest BCUT2D eigenvalue weighted by molar-refractivity contribution is -0.162. The molecule has 21 heavy (non-hydrogen) atoms. The van der Waals surface area contributed by atoms with Crippen molar-refractivity contribution in [1.29, 1.82) is 0 Å². The van der Waals surface area contributed by atoms with E-state index in [0.29, 0.717) is 13.0 Å². The van der Waals surface area contributed by atoms with Gasteiger partial charge >= 0.3 is 5.97 Å². The van der Waals surface area contributed by atoms with Crippen LogP contribution in [0.2, 0.25) is 0 Å². The van der Waals surface area contributed by atoms with Crippen LogP contribution in [0.5, 0.6) is 0 Å². The Morgan fingerprint density at radius 1 is 1.10 bits per heavy atom. The summed E-state index contributed by atoms with van der Waals surface area (Å²) in [5.74, 6) is -0.0569. The van der Waals surface area contributed by atoms with E-state index in [4.69, 9.17) is 4.74 Å². The summed E-state index contributed by atoms with van der Waals surface area (Å²) in [6, 6.07) is -0.164. The molecule has 0 saturated carbocycles. The lowest BCUT2D eigenvalue weighted by Gasteiger charge is -2.35. The molecule has 0 saturated heterocycles. The molecule has 0 fully saturated rings. The molecule has 0 aliphatic heterocycles. The standard InChI is InChI=1S/C17H33NO3/c1-8-11-15(19)12-18(14(9-2)10-3)13(4)16(20)21-17(5,6)7/h13-14H,8-12H2,1-7H3. The van der Waals surface area contributed by atoms with Gasteiger partial charge in [0.05, 0.1) is 6.54 Å². The minimum absolute atomic E-state index is 0.194. The summed E-state index contributed by atoms with van der Waals surface area (Å²) in [5, 5.41) is 0. The normalized spacial score (nSPS) is 13.6. The van der Waals surface area contributed by atoms with Gasteiger partial charge in [0.25, 0.3) is 0 Å². The Kier molecular flexibility index (Phi) is 8.79. The zero-order valence-corrected chi connectivity index (χ0v) is 14.9. The molecule has 0 heterocycles. The van der Waals surface area contributed by atoms with Crippen LogP contribution in [0.15, 0.2) is 0 Å². The third kappa shape index (κ3) is 7.60. The smallest absolute Gasteiger partial charge is 0.323 e. The van der Waals surface area contributed by atoms with Crippen LogP contribution in [0.3, 0.4) is 0 Å². The number of nitrogens with zero attached hydrogens (tertiary/aromatic N) is 1. The molecule has 0 radical (unpaired) electrons. The van der Waals surface area contributed by atoms with Gasteiger partial charge in [0.2, 0.25) is 0 Å². The van der Waals surface area contributed by atoms with Gasteiger partial charge in [0.1, 0.15) is 17.4 Å². The van der Waals surface area contributed by atoms with E-state index < -0.39 is 11.6 Å². The second-order valence-electron chi connectivity index (χ2n) is 6.64. The number of rotatable bonds is 9. The minimum Gasteiger partial charge on any atom is -0.459 e. The number of esters is 1. The Bertz CT molecular complexity index is 329. The lowest BCUT2D eigenvalue weighted by Crippen LogP contribution is -2.49. The largest absolute Gasteiger partial charge is 0.459 e. The van der Waals surface area contributed by atoms with Crippen LogP contribution in [0, 0.1) is 0 Å². The van der Waals surface area contributed by atoms with E-state index in [9.17, 15) is 9.59 Å². The molecule has 0 aromatic rings. The van der Waals surface area contributed by atoms with E-state index in [2.05, 4.69) is 13.8 Å². The molecule has 124 valence electrons. The summed E-state index contributed by atoms with van der Waals surface area (Å²) in [7, 11) is 0. The van der Waals surface area contributed by atoms with Crippen molar-refractivity contribution in [2.75, 3.05) is 6.54 Å². The van der Waals surface area contributed by atoms with Crippen molar-refractivity contribution < 1.29 is 14.3 Å². The topological polar surface area (TPSA) is 46.6 Å². The first-order valence-corrected chi connectivity index (χ1v) is 8.16. The van der Waals surface area contributed by atoms with Crippen molar-refractivity contribution in [3.05, 3.63) is 0 Å². The van der Waals surface area contributed by atoms with Gasteiger partial charge in [-0.25, -0.2) is 0 Å². The fraction of sp³-hybridized carbons (Fsp3) is 0.882. The predicted molar refractivity (Wildman–Crippen MR) is 86.3 cm³/mol. The number of hydrogen-bond acceptors (Lipinski definition) is 4. The third-order valence-corrected chi connectivity index (χ3v) is 3.54. The van der Waals surface area contributed by atoms with Gasteiger partial charge in [0, 0.05) is 12.5 Å². The molecule has 0 aliphatic rings. The number of carbonyl (C=O) groups is 2. The molecule has 4 heteroatoms. The highest BCUT2D eigenvalue weighted by Gasteiger charge is 2.31. The average Bonchev–Trinajstić information content (AvgIpc) is 2.36. The maximum atomic E-state index is 12.3. The Balaban J connectivity index is 5.01. The molecule has 0 aliphatic carbocycles. The maximum absolute atomic E-state index is 12.3. The van der Waals surface area contributed by atoms with Crippen molar-refractivity contribution in [3.63, 3.8) is 0 Å². The van der Waals surface area contributed by atoms with Gasteiger partial charge in [-0.15, -0.1) is 0 Å². The third-order valence-electron chi connectivity index (χ3n) is 3.54. The van der Waals surface area contributed by atoms with Crippen LogP contribution >= 0.6 is 0 Å². The predicted octanol–water partition coefficient (Wildman–Crippen LogP) is 3.58. The molecule has 0 bridgehead atoms. The van der Waals surface area contributed by atoms with Gasteiger partial charge in [-0.1, -0.05) is 20.8 Å². The highest BCUT2D eigenvalue weighted by molar-refractivity contribution is 5.82. The summed E-state index contributed by atoms with van der Waals surface area (Å²) in [5.41, 5.74) is -0.502. The van der Waals surface area contributed by atoms with Crippen LogP contribution in [0.25, 0.3) is 0 Å². The highest BCUT2D eigenvalue weighted by atomic mass is 16.6. The molecule has 0 rings (SSSR count). The number of Topliss-reactive ketones (excluding diaryl/α,β-unsaturated/α-hetero) is 1. The molecule has 0 aromatic heterocycles. The number of ether oxygens (including phenoxy) is 1. The maximum Gasteiger partial charge on any atom is 0.323 e. The lowest BCUT2D eigenvalue weighted by atomic mass is 10.1. The second kappa shape index (κ2) is 9.19. The zero-order chi connectivity index (χ0) is 16.6. The van der Waals surface area contributed by atoms with E-state index in [0.717, 1.165) is 19.3 Å². The molecule has 4 nitrogen and oxygen atoms in total. The van der Waals surface area contributed by atoms with Crippen LogP contribution in [-0.4, -0.2) is 40.9 Å². The Labute approximate surface area is 130 Å². The van der Waals surface area contributed by atoms with Gasteiger partial charge in [-0.3, -0.25) is 14.5 Å². The van der Waals surface area contributed by atoms with E-state index in [1.54, 1.807) is 0 Å². The Hall–Kier alpha value is -0.900. The van der Waals surface area contributed by atoms with Gasteiger partial charge in [0.15, 0.2) is 0 Å². The fourth-order valence-electron chi connectivity index (χ4n) is 2.42. The van der Waals surface area contributed by atoms with Crippen molar-refractivity contribution in [3.8, 4) is 0 Å². The van der Waals surface area contributed by atoms with Gasteiger partial charge < -0.3 is 4.74 Å². The molecule has 1 unspecified atom stereocenters. The Morgan fingerprint density at radius 2 is 1.62 bits per heavy atom. The van der Waals surface area contributed by atoms with Gasteiger partial charge in [-0.2, -0.15) is 0 Å². The summed E-state index contributed by atoms with van der Waals surface area (Å²) in [6.07, 6.45) is 3.25. The van der Waals surface area contributed by atoms with E-state index in [1.165, 1.54) is 0 Å². The summed E-state index contributed by atoms with van der Waals surface area (Å²) < 4.78 is 5.47. The second-order valence-corrected chi connectivity index (χ2v) is 6.64. The SMILES string of the molecule is CCCC(=O)CN(C(CC)CC)C(C)C(=O)OC(C)(C)C. The molecule has 0 N–H and O–H groups in total. The molecule has 0 spiro atoms. The summed E-state index contributed by atoms with van der Waals surface area (Å²) in [6.45, 7) is 13.9. The molecular formula is C17H33NO3. The summed E-state index contributed by atoms with van der Waals surface area (Å²) in [4.78, 5) is 26.3. The highest BCUT2D eigenvalue weighted by Crippen LogP contribution is 2.17. The average molecular weight is 299 g/mol. The Morgan fingerprint density at radius 3 is 2.00 bits per heavy atom. The summed E-state index contributed by atoms with van der Waals surface area (Å²) >= 11 is 0. The van der Waals surface area contributed by atoms with Crippen molar-refractivity contribution >= 4 is 11.8 Å². The van der Waals surface area contributed by atoms with Crippen LogP contribution < -0.4 is 0 Å². The molecule has 0 amide bonds. The molecule has 0 aromatic carbocycles. The van der Waals surface area contributed by atoms with Crippen molar-refractivity contribution in [2.45, 2.75) is 91.8 Å². The first kappa shape index (κ1) is 20.1. The fourth-order valence-corrected chi connectivity index (χ4v) is 2.42. The van der Waals surface area contributed by atoms with Crippen LogP contribution in [0.1, 0.15) is 74.1 Å². The zero-order valence-electron chi connectivity index (χ0n) is 14.9. The first-order chi connectivity index (χ1) is 9.66. The number of carbonyl (C=O) groups excluding carboxylic acids is 2.